The van der Waals surface area contributed by atoms with Gasteiger partial charge in [0.2, 0.25) is 5.69 Å². The van der Waals surface area contributed by atoms with Crippen molar-refractivity contribution in [1.82, 2.24) is 0 Å². The minimum atomic E-state index is 0.995. The lowest BCUT2D eigenvalue weighted by molar-refractivity contribution is -1.03. The lowest BCUT2D eigenvalue weighted by atomic mass is 10.1. The van der Waals surface area contributed by atoms with E-state index in [-0.39, 0.29) is 0 Å². The number of halogens is 1. The van der Waals surface area contributed by atoms with Gasteiger partial charge in [-0.3, -0.25) is 0 Å². The zero-order valence-corrected chi connectivity index (χ0v) is 15.2. The normalized spacial score (nSPS) is 21.1. The summed E-state index contributed by atoms with van der Waals surface area (Å²) in [7, 11) is 1.75. The number of hydrogen-bond donors (Lipinski definition) is 2. The highest BCUT2D eigenvalue weighted by atomic mass is 79.9. The van der Waals surface area contributed by atoms with Crippen molar-refractivity contribution in [3.05, 3.63) is 58.3 Å². The third-order valence-corrected chi connectivity index (χ3v) is 5.05. The molecular formula is C18H25BrN3O+3. The maximum absolute atomic E-state index is 5.50. The third kappa shape index (κ3) is 4.53. The van der Waals surface area contributed by atoms with E-state index in [0.29, 0.717) is 0 Å². The molecule has 0 radical (unpaired) electrons. The van der Waals surface area contributed by atoms with Gasteiger partial charge >= 0.3 is 0 Å². The Labute approximate surface area is 146 Å². The number of hydrogen-bond acceptors (Lipinski definition) is 1. The van der Waals surface area contributed by atoms with Crippen LogP contribution in [0.1, 0.15) is 11.3 Å². The van der Waals surface area contributed by atoms with Gasteiger partial charge in [0.25, 0.3) is 0 Å². The van der Waals surface area contributed by atoms with Gasteiger partial charge in [0, 0.05) is 22.2 Å². The highest BCUT2D eigenvalue weighted by Crippen LogP contribution is 2.22. The summed E-state index contributed by atoms with van der Waals surface area (Å²) in [6.07, 6.45) is 2.01. The van der Waals surface area contributed by atoms with Crippen molar-refractivity contribution in [2.45, 2.75) is 13.1 Å². The molecule has 4 nitrogen and oxygen atoms in total. The summed E-state index contributed by atoms with van der Waals surface area (Å²) in [6.45, 7) is 6.97. The maximum atomic E-state index is 5.50. The van der Waals surface area contributed by atoms with Crippen LogP contribution in [-0.2, 0) is 13.1 Å². The predicted octanol–water partition coefficient (Wildman–Crippen LogP) is -0.245. The van der Waals surface area contributed by atoms with Gasteiger partial charge in [0.05, 0.1) is 7.11 Å². The van der Waals surface area contributed by atoms with Crippen LogP contribution >= 0.6 is 15.9 Å². The van der Waals surface area contributed by atoms with Crippen LogP contribution in [0.25, 0.3) is 0 Å². The average Bonchev–Trinajstić information content (AvgIpc) is 2.58. The van der Waals surface area contributed by atoms with E-state index in [0.717, 1.165) is 23.3 Å². The monoisotopic (exact) mass is 378 g/mol. The minimum absolute atomic E-state index is 0.995. The Balaban J connectivity index is 1.54. The topological polar surface area (TPSA) is 32.2 Å². The van der Waals surface area contributed by atoms with Crippen LogP contribution in [0.15, 0.2) is 47.1 Å². The van der Waals surface area contributed by atoms with Gasteiger partial charge in [-0.2, -0.15) is 0 Å². The summed E-state index contributed by atoms with van der Waals surface area (Å²) in [5.74, 6) is 0.995. The second-order valence-corrected chi connectivity index (χ2v) is 7.11. The molecule has 0 spiro atoms. The van der Waals surface area contributed by atoms with Crippen LogP contribution in [0.5, 0.6) is 5.75 Å². The number of nitrogens with one attached hydrogen (secondary N) is 3. The Morgan fingerprint density at radius 2 is 1.78 bits per heavy atom. The van der Waals surface area contributed by atoms with Crippen molar-refractivity contribution in [2.24, 2.45) is 0 Å². The molecule has 3 rings (SSSR count). The molecule has 2 heterocycles. The fourth-order valence-electron chi connectivity index (χ4n) is 3.28. The van der Waals surface area contributed by atoms with Crippen molar-refractivity contribution in [3.8, 4) is 5.75 Å². The summed E-state index contributed by atoms with van der Waals surface area (Å²) in [5, 5.41) is 0. The number of rotatable bonds is 5. The molecule has 1 aromatic carbocycles. The van der Waals surface area contributed by atoms with E-state index in [4.69, 9.17) is 4.74 Å². The molecule has 1 saturated heterocycles. The van der Waals surface area contributed by atoms with E-state index >= 15 is 0 Å². The first-order valence-electron chi connectivity index (χ1n) is 8.20. The van der Waals surface area contributed by atoms with E-state index in [1.165, 1.54) is 37.4 Å². The van der Waals surface area contributed by atoms with Crippen LogP contribution in [0.4, 0.5) is 0 Å². The first-order chi connectivity index (χ1) is 11.2. The van der Waals surface area contributed by atoms with Crippen LogP contribution in [0, 0.1) is 0 Å². The Kier molecular flexibility index (Phi) is 5.65. The summed E-state index contributed by atoms with van der Waals surface area (Å²) >= 11 is 3.56. The first-order valence-corrected chi connectivity index (χ1v) is 8.99. The number of aromatic amines is 1. The number of aromatic nitrogens is 1. The Bertz CT molecular complexity index is 627. The molecule has 2 aromatic rings. The van der Waals surface area contributed by atoms with Gasteiger partial charge < -0.3 is 14.5 Å². The lowest BCUT2D eigenvalue weighted by Crippen LogP contribution is -3.27. The molecule has 0 bridgehead atoms. The Morgan fingerprint density at radius 3 is 2.43 bits per heavy atom. The maximum Gasteiger partial charge on any atom is 0.234 e. The summed E-state index contributed by atoms with van der Waals surface area (Å²) in [6, 6.07) is 12.6. The van der Waals surface area contributed by atoms with Gasteiger partial charge in [-0.15, -0.1) is 0 Å². The first kappa shape index (κ1) is 16.4. The van der Waals surface area contributed by atoms with Gasteiger partial charge in [0.15, 0.2) is 12.7 Å². The second-order valence-electron chi connectivity index (χ2n) is 6.20. The zero-order valence-electron chi connectivity index (χ0n) is 13.6. The quantitative estimate of drug-likeness (QED) is 0.739. The van der Waals surface area contributed by atoms with Crippen molar-refractivity contribution >= 4 is 15.9 Å². The van der Waals surface area contributed by atoms with Gasteiger partial charge in [-0.1, -0.05) is 15.9 Å². The fourth-order valence-corrected chi connectivity index (χ4v) is 3.68. The molecule has 0 aliphatic carbocycles. The molecule has 1 aliphatic heterocycles. The van der Waals surface area contributed by atoms with Crippen LogP contribution in [0.3, 0.4) is 0 Å². The third-order valence-electron chi connectivity index (χ3n) is 4.56. The molecule has 5 heteroatoms. The lowest BCUT2D eigenvalue weighted by Gasteiger charge is -2.29. The van der Waals surface area contributed by atoms with Crippen molar-refractivity contribution in [2.75, 3.05) is 33.3 Å². The molecule has 3 N–H and O–H groups in total. The smallest absolute Gasteiger partial charge is 0.234 e. The number of ether oxygens (including phenoxy) is 1. The Morgan fingerprint density at radius 1 is 1.04 bits per heavy atom. The molecule has 0 amide bonds. The number of benzene rings is 1. The molecule has 23 heavy (non-hydrogen) atoms. The van der Waals surface area contributed by atoms with E-state index in [2.05, 4.69) is 39.1 Å². The van der Waals surface area contributed by atoms with Gasteiger partial charge in [0.1, 0.15) is 38.5 Å². The van der Waals surface area contributed by atoms with E-state index in [1.807, 2.05) is 24.4 Å². The zero-order chi connectivity index (χ0) is 16.1. The van der Waals surface area contributed by atoms with E-state index < -0.39 is 0 Å². The number of pyridine rings is 1. The number of quaternary nitrogens is 2. The molecule has 1 aliphatic rings. The average molecular weight is 379 g/mol. The van der Waals surface area contributed by atoms with Gasteiger partial charge in [-0.05, 0) is 24.3 Å². The highest BCUT2D eigenvalue weighted by molar-refractivity contribution is 9.10. The van der Waals surface area contributed by atoms with Crippen LogP contribution in [-0.4, -0.2) is 33.3 Å². The number of H-pyrrole nitrogens is 1. The number of methoxy groups -OCH3 is 1. The standard InChI is InChI=1S/C18H22BrN3O/c1-23-18-6-5-16(19)12-15(18)13-21-8-10-22(11-9-21)14-17-4-2-3-7-20-17/h2-7,12H,8-11,13-14H2,1H3/p+3. The minimum Gasteiger partial charge on any atom is -0.496 e. The molecule has 122 valence electrons. The molecule has 0 unspecified atom stereocenters. The van der Waals surface area contributed by atoms with E-state index in [9.17, 15) is 0 Å². The van der Waals surface area contributed by atoms with Crippen molar-refractivity contribution in [3.63, 3.8) is 0 Å². The summed E-state index contributed by atoms with van der Waals surface area (Å²) < 4.78 is 6.62. The van der Waals surface area contributed by atoms with Crippen LogP contribution in [0.2, 0.25) is 0 Å². The highest BCUT2D eigenvalue weighted by Gasteiger charge is 2.25. The second kappa shape index (κ2) is 7.90. The van der Waals surface area contributed by atoms with E-state index in [1.54, 1.807) is 16.9 Å². The molecule has 0 atom stereocenters. The largest absolute Gasteiger partial charge is 0.496 e. The summed E-state index contributed by atoms with van der Waals surface area (Å²) in [5.41, 5.74) is 2.61. The Hall–Kier alpha value is -1.43. The molecule has 1 aromatic heterocycles. The van der Waals surface area contributed by atoms with Crippen molar-refractivity contribution in [1.29, 1.82) is 0 Å². The van der Waals surface area contributed by atoms with Gasteiger partial charge in [-0.25, -0.2) is 4.98 Å². The summed E-state index contributed by atoms with van der Waals surface area (Å²) in [4.78, 5) is 6.64. The molecular weight excluding hydrogens is 354 g/mol. The van der Waals surface area contributed by atoms with Crippen molar-refractivity contribution < 1.29 is 19.5 Å². The fraction of sp³-hybridized carbons (Fsp3) is 0.389. The molecule has 1 fully saturated rings. The van der Waals surface area contributed by atoms with Crippen LogP contribution < -0.4 is 19.5 Å². The number of piperazine rings is 1. The molecule has 0 saturated carbocycles. The SMILES string of the molecule is COc1ccc(Br)cc1C[NH+]1CC[NH+](Cc2cccc[nH+]2)CC1. The predicted molar refractivity (Wildman–Crippen MR) is 92.5 cm³/mol.